The van der Waals surface area contributed by atoms with Crippen LogP contribution < -0.4 is 15.2 Å². The molecule has 0 spiro atoms. The van der Waals surface area contributed by atoms with Gasteiger partial charge in [0, 0.05) is 23.9 Å². The summed E-state index contributed by atoms with van der Waals surface area (Å²) in [4.78, 5) is 0. The number of aliphatic hydroxyl groups excluding tert-OH is 1. The van der Waals surface area contributed by atoms with Crippen LogP contribution in [0.1, 0.15) is 6.92 Å². The van der Waals surface area contributed by atoms with Crippen molar-refractivity contribution in [3.8, 4) is 11.5 Å². The fraction of sp³-hybridized carbons (Fsp3) is 0.333. The predicted molar refractivity (Wildman–Crippen MR) is 49.7 cm³/mol. The maximum atomic E-state index is 8.96. The molecule has 0 amide bonds. The normalized spacial score (nSPS) is 12.2. The van der Waals surface area contributed by atoms with Gasteiger partial charge in [0.15, 0.2) is 6.29 Å². The average molecular weight is 183 g/mol. The van der Waals surface area contributed by atoms with Crippen molar-refractivity contribution in [1.29, 1.82) is 0 Å². The molecule has 0 bridgehead atoms. The second kappa shape index (κ2) is 4.00. The van der Waals surface area contributed by atoms with E-state index in [9.17, 15) is 0 Å². The first-order valence-electron chi connectivity index (χ1n) is 3.91. The zero-order valence-corrected chi connectivity index (χ0v) is 7.65. The van der Waals surface area contributed by atoms with E-state index < -0.39 is 6.29 Å². The highest BCUT2D eigenvalue weighted by atomic mass is 16.6. The number of anilines is 1. The zero-order valence-electron chi connectivity index (χ0n) is 7.65. The van der Waals surface area contributed by atoms with Gasteiger partial charge in [0.05, 0.1) is 7.11 Å². The van der Waals surface area contributed by atoms with E-state index >= 15 is 0 Å². The fourth-order valence-electron chi connectivity index (χ4n) is 0.977. The Labute approximate surface area is 76.9 Å². The molecule has 1 rings (SSSR count). The first-order chi connectivity index (χ1) is 6.11. The van der Waals surface area contributed by atoms with E-state index in [1.54, 1.807) is 25.3 Å². The Balaban J connectivity index is 2.88. The molecule has 1 atom stereocenters. The van der Waals surface area contributed by atoms with Gasteiger partial charge in [-0.1, -0.05) is 0 Å². The number of nitrogen functional groups attached to an aromatic ring is 1. The van der Waals surface area contributed by atoms with Crippen molar-refractivity contribution < 1.29 is 14.6 Å². The average Bonchev–Trinajstić information content (AvgIpc) is 2.01. The van der Waals surface area contributed by atoms with Gasteiger partial charge in [-0.3, -0.25) is 0 Å². The molecule has 3 N–H and O–H groups in total. The topological polar surface area (TPSA) is 64.7 Å². The molecule has 13 heavy (non-hydrogen) atoms. The minimum absolute atomic E-state index is 0.492. The van der Waals surface area contributed by atoms with Gasteiger partial charge in [0.1, 0.15) is 11.5 Å². The Hall–Kier alpha value is -1.42. The lowest BCUT2D eigenvalue weighted by molar-refractivity contribution is -0.000349. The van der Waals surface area contributed by atoms with Gasteiger partial charge in [0.25, 0.3) is 0 Å². The number of rotatable bonds is 3. The van der Waals surface area contributed by atoms with E-state index in [1.807, 2.05) is 0 Å². The zero-order chi connectivity index (χ0) is 9.84. The van der Waals surface area contributed by atoms with Gasteiger partial charge >= 0.3 is 0 Å². The maximum Gasteiger partial charge on any atom is 0.194 e. The Kier molecular flexibility index (Phi) is 2.97. The first kappa shape index (κ1) is 9.67. The van der Waals surface area contributed by atoms with Crippen molar-refractivity contribution in [2.75, 3.05) is 12.8 Å². The van der Waals surface area contributed by atoms with Gasteiger partial charge < -0.3 is 20.3 Å². The molecule has 1 aromatic rings. The summed E-state index contributed by atoms with van der Waals surface area (Å²) in [6, 6.07) is 4.95. The van der Waals surface area contributed by atoms with Gasteiger partial charge in [-0.25, -0.2) is 0 Å². The molecule has 0 aromatic heterocycles. The lowest BCUT2D eigenvalue weighted by atomic mass is 10.3. The summed E-state index contributed by atoms with van der Waals surface area (Å²) in [5, 5.41) is 8.96. The molecule has 0 radical (unpaired) electrons. The Morgan fingerprint density at radius 3 is 2.46 bits per heavy atom. The summed E-state index contributed by atoms with van der Waals surface area (Å²) in [6.45, 7) is 1.52. The van der Waals surface area contributed by atoms with Crippen molar-refractivity contribution in [2.45, 2.75) is 13.2 Å². The van der Waals surface area contributed by atoms with Crippen LogP contribution in [0.15, 0.2) is 18.2 Å². The van der Waals surface area contributed by atoms with Crippen molar-refractivity contribution in [3.05, 3.63) is 18.2 Å². The largest absolute Gasteiger partial charge is 0.497 e. The van der Waals surface area contributed by atoms with Crippen LogP contribution in [-0.4, -0.2) is 18.5 Å². The minimum atomic E-state index is -0.855. The quantitative estimate of drug-likeness (QED) is 0.542. The third-order valence-electron chi connectivity index (χ3n) is 1.44. The lowest BCUT2D eigenvalue weighted by Gasteiger charge is -2.10. The van der Waals surface area contributed by atoms with Crippen molar-refractivity contribution in [1.82, 2.24) is 0 Å². The molecule has 4 heteroatoms. The lowest BCUT2D eigenvalue weighted by Crippen LogP contribution is -2.09. The molecule has 0 heterocycles. The summed E-state index contributed by atoms with van der Waals surface area (Å²) >= 11 is 0. The van der Waals surface area contributed by atoms with Crippen LogP contribution in [0.4, 0.5) is 5.69 Å². The number of benzene rings is 1. The van der Waals surface area contributed by atoms with Crippen LogP contribution in [0, 0.1) is 0 Å². The van der Waals surface area contributed by atoms with E-state index in [1.165, 1.54) is 6.92 Å². The SMILES string of the molecule is COc1cc(N)cc(OC(C)O)c1. The summed E-state index contributed by atoms with van der Waals surface area (Å²) in [5.74, 6) is 1.10. The Morgan fingerprint density at radius 1 is 1.31 bits per heavy atom. The molecule has 0 aliphatic carbocycles. The molecular formula is C9H13NO3. The summed E-state index contributed by atoms with van der Waals surface area (Å²) in [6.07, 6.45) is -0.855. The molecule has 1 unspecified atom stereocenters. The van der Waals surface area contributed by atoms with Crippen LogP contribution in [0.5, 0.6) is 11.5 Å². The minimum Gasteiger partial charge on any atom is -0.497 e. The molecule has 0 aliphatic rings. The van der Waals surface area contributed by atoms with Gasteiger partial charge in [0.2, 0.25) is 0 Å². The number of aliphatic hydroxyl groups is 1. The second-order valence-corrected chi connectivity index (χ2v) is 2.66. The fourth-order valence-corrected chi connectivity index (χ4v) is 0.977. The van der Waals surface area contributed by atoms with Crippen molar-refractivity contribution in [2.24, 2.45) is 0 Å². The third-order valence-corrected chi connectivity index (χ3v) is 1.44. The van der Waals surface area contributed by atoms with Crippen molar-refractivity contribution >= 4 is 5.69 Å². The smallest absolute Gasteiger partial charge is 0.194 e. The van der Waals surface area contributed by atoms with Crippen LogP contribution in [0.3, 0.4) is 0 Å². The second-order valence-electron chi connectivity index (χ2n) is 2.66. The first-order valence-corrected chi connectivity index (χ1v) is 3.91. The highest BCUT2D eigenvalue weighted by Gasteiger charge is 2.02. The molecule has 0 aliphatic heterocycles. The third kappa shape index (κ3) is 2.83. The van der Waals surface area contributed by atoms with Gasteiger partial charge in [-0.15, -0.1) is 0 Å². The molecule has 0 saturated carbocycles. The molecule has 72 valence electrons. The number of methoxy groups -OCH3 is 1. The van der Waals surface area contributed by atoms with Crippen LogP contribution in [0.2, 0.25) is 0 Å². The standard InChI is InChI=1S/C9H13NO3/c1-6(11)13-9-4-7(10)3-8(5-9)12-2/h3-6,11H,10H2,1-2H3. The van der Waals surface area contributed by atoms with Crippen LogP contribution in [0.25, 0.3) is 0 Å². The number of hydrogen-bond acceptors (Lipinski definition) is 4. The Morgan fingerprint density at radius 2 is 1.92 bits per heavy atom. The maximum absolute atomic E-state index is 8.96. The highest BCUT2D eigenvalue weighted by Crippen LogP contribution is 2.24. The summed E-state index contributed by atoms with van der Waals surface area (Å²) < 4.78 is 10.0. The highest BCUT2D eigenvalue weighted by molar-refractivity contribution is 5.50. The van der Waals surface area contributed by atoms with E-state index in [2.05, 4.69) is 0 Å². The van der Waals surface area contributed by atoms with Crippen molar-refractivity contribution in [3.63, 3.8) is 0 Å². The monoisotopic (exact) mass is 183 g/mol. The van der Waals surface area contributed by atoms with Gasteiger partial charge in [-0.05, 0) is 6.92 Å². The summed E-state index contributed by atoms with van der Waals surface area (Å²) in [7, 11) is 1.54. The molecule has 0 saturated heterocycles. The van der Waals surface area contributed by atoms with Gasteiger partial charge in [-0.2, -0.15) is 0 Å². The Bertz CT molecular complexity index is 286. The summed E-state index contributed by atoms with van der Waals surface area (Å²) in [5.41, 5.74) is 6.11. The van der Waals surface area contributed by atoms with E-state index in [0.29, 0.717) is 17.2 Å². The van der Waals surface area contributed by atoms with E-state index in [4.69, 9.17) is 20.3 Å². The number of nitrogens with two attached hydrogens (primary N) is 1. The molecule has 1 aromatic carbocycles. The number of ether oxygens (including phenoxy) is 2. The predicted octanol–water partition coefficient (Wildman–Crippen LogP) is 0.994. The van der Waals surface area contributed by atoms with Crippen LogP contribution >= 0.6 is 0 Å². The van der Waals surface area contributed by atoms with E-state index in [-0.39, 0.29) is 0 Å². The molecular weight excluding hydrogens is 170 g/mol. The van der Waals surface area contributed by atoms with E-state index in [0.717, 1.165) is 0 Å². The van der Waals surface area contributed by atoms with Crippen LogP contribution in [-0.2, 0) is 0 Å². The molecule has 4 nitrogen and oxygen atoms in total. The number of hydrogen-bond donors (Lipinski definition) is 2. The molecule has 0 fully saturated rings.